The summed E-state index contributed by atoms with van der Waals surface area (Å²) in [4.78, 5) is 4.16. The van der Waals surface area contributed by atoms with Gasteiger partial charge in [-0.1, -0.05) is 12.1 Å². The monoisotopic (exact) mass is 278 g/mol. The van der Waals surface area contributed by atoms with Crippen LogP contribution in [0.4, 0.5) is 18.9 Å². The predicted octanol–water partition coefficient (Wildman–Crippen LogP) is 4.10. The second kappa shape index (κ2) is 4.26. The van der Waals surface area contributed by atoms with Crippen LogP contribution in [0.25, 0.3) is 22.6 Å². The Hall–Kier alpha value is -2.50. The third-order valence-corrected chi connectivity index (χ3v) is 2.82. The summed E-state index contributed by atoms with van der Waals surface area (Å²) in [6, 6.07) is 10.2. The molecule has 0 spiro atoms. The highest BCUT2D eigenvalue weighted by Gasteiger charge is 2.31. The maximum Gasteiger partial charge on any atom is 0.416 e. The van der Waals surface area contributed by atoms with Gasteiger partial charge in [-0.15, -0.1) is 0 Å². The average Bonchev–Trinajstić information content (AvgIpc) is 2.80. The molecule has 0 atom stereocenters. The molecule has 0 unspecified atom stereocenters. The number of nitrogens with two attached hydrogens (primary N) is 1. The van der Waals surface area contributed by atoms with E-state index in [4.69, 9.17) is 10.2 Å². The number of alkyl halides is 3. The number of anilines is 1. The maximum atomic E-state index is 12.8. The summed E-state index contributed by atoms with van der Waals surface area (Å²) in [5.41, 5.74) is 6.00. The van der Waals surface area contributed by atoms with Gasteiger partial charge in [0.05, 0.1) is 5.56 Å². The van der Waals surface area contributed by atoms with Crippen molar-refractivity contribution in [1.82, 2.24) is 4.98 Å². The third kappa shape index (κ3) is 2.20. The number of rotatable bonds is 1. The number of nitrogen functional groups attached to an aromatic ring is 1. The van der Waals surface area contributed by atoms with Crippen LogP contribution in [-0.4, -0.2) is 4.98 Å². The summed E-state index contributed by atoms with van der Waals surface area (Å²) in [5, 5.41) is 0. The first-order valence-electron chi connectivity index (χ1n) is 5.77. The van der Waals surface area contributed by atoms with Crippen LogP contribution in [-0.2, 0) is 6.18 Å². The van der Waals surface area contributed by atoms with Gasteiger partial charge in [0, 0.05) is 11.3 Å². The normalized spacial score (nSPS) is 11.9. The summed E-state index contributed by atoms with van der Waals surface area (Å²) in [6.45, 7) is 0. The highest BCUT2D eigenvalue weighted by atomic mass is 19.4. The zero-order valence-electron chi connectivity index (χ0n) is 10.1. The van der Waals surface area contributed by atoms with E-state index in [1.54, 1.807) is 24.3 Å². The van der Waals surface area contributed by atoms with Crippen molar-refractivity contribution in [1.29, 1.82) is 0 Å². The van der Waals surface area contributed by atoms with Crippen molar-refractivity contribution in [3.63, 3.8) is 0 Å². The second-order valence-corrected chi connectivity index (χ2v) is 4.33. The molecule has 2 aromatic carbocycles. The minimum absolute atomic E-state index is 0.0112. The molecular formula is C14H9F3N2O. The zero-order chi connectivity index (χ0) is 14.3. The molecule has 102 valence electrons. The van der Waals surface area contributed by atoms with Gasteiger partial charge in [-0.2, -0.15) is 13.2 Å². The molecule has 0 amide bonds. The van der Waals surface area contributed by atoms with Gasteiger partial charge < -0.3 is 10.2 Å². The lowest BCUT2D eigenvalue weighted by Crippen LogP contribution is -2.06. The van der Waals surface area contributed by atoms with Crippen molar-refractivity contribution >= 4 is 16.8 Å². The summed E-state index contributed by atoms with van der Waals surface area (Å²) in [7, 11) is 0. The van der Waals surface area contributed by atoms with Crippen molar-refractivity contribution in [2.75, 3.05) is 5.73 Å². The van der Waals surface area contributed by atoms with Gasteiger partial charge in [0.2, 0.25) is 5.89 Å². The van der Waals surface area contributed by atoms with Crippen LogP contribution in [0.2, 0.25) is 0 Å². The van der Waals surface area contributed by atoms with Crippen molar-refractivity contribution in [2.45, 2.75) is 6.18 Å². The van der Waals surface area contributed by atoms with Crippen LogP contribution < -0.4 is 5.73 Å². The Morgan fingerprint density at radius 3 is 2.50 bits per heavy atom. The van der Waals surface area contributed by atoms with Crippen molar-refractivity contribution in [2.24, 2.45) is 0 Å². The van der Waals surface area contributed by atoms with Gasteiger partial charge in [-0.05, 0) is 30.3 Å². The largest absolute Gasteiger partial charge is 0.436 e. The Labute approximate surface area is 111 Å². The standard InChI is InChI=1S/C14H9F3N2O/c15-14(16,17)9-5-8(6-10(18)7-9)13-19-11-3-1-2-4-12(11)20-13/h1-7H,18H2. The lowest BCUT2D eigenvalue weighted by Gasteiger charge is -2.08. The molecule has 6 heteroatoms. The smallest absolute Gasteiger partial charge is 0.416 e. The SMILES string of the molecule is Nc1cc(-c2nc3ccccc3o2)cc(C(F)(F)F)c1. The lowest BCUT2D eigenvalue weighted by molar-refractivity contribution is -0.137. The Bertz CT molecular complexity index is 744. The summed E-state index contributed by atoms with van der Waals surface area (Å²) < 4.78 is 43.7. The molecular weight excluding hydrogens is 269 g/mol. The Balaban J connectivity index is 2.16. The van der Waals surface area contributed by atoms with E-state index in [1.807, 2.05) is 0 Å². The van der Waals surface area contributed by atoms with Crippen molar-refractivity contribution < 1.29 is 17.6 Å². The number of aromatic nitrogens is 1. The second-order valence-electron chi connectivity index (χ2n) is 4.33. The van der Waals surface area contributed by atoms with Crippen LogP contribution in [0.5, 0.6) is 0 Å². The number of fused-ring (bicyclic) bond motifs is 1. The summed E-state index contributed by atoms with van der Waals surface area (Å²) >= 11 is 0. The van der Waals surface area contributed by atoms with Crippen molar-refractivity contribution in [3.05, 3.63) is 48.0 Å². The highest BCUT2D eigenvalue weighted by Crippen LogP contribution is 2.34. The molecule has 20 heavy (non-hydrogen) atoms. The molecule has 0 radical (unpaired) electrons. The molecule has 1 heterocycles. The number of benzene rings is 2. The highest BCUT2D eigenvalue weighted by molar-refractivity contribution is 5.76. The number of hydrogen-bond donors (Lipinski definition) is 1. The third-order valence-electron chi connectivity index (χ3n) is 2.82. The molecule has 0 bridgehead atoms. The fraction of sp³-hybridized carbons (Fsp3) is 0.0714. The van der Waals surface area contributed by atoms with Crippen molar-refractivity contribution in [3.8, 4) is 11.5 Å². The zero-order valence-corrected chi connectivity index (χ0v) is 10.1. The molecule has 0 saturated heterocycles. The molecule has 0 saturated carbocycles. The summed E-state index contributed by atoms with van der Waals surface area (Å²) in [6.07, 6.45) is -4.46. The van der Waals surface area contributed by atoms with E-state index in [9.17, 15) is 13.2 Å². The first-order valence-corrected chi connectivity index (χ1v) is 5.77. The van der Waals surface area contributed by atoms with Gasteiger partial charge in [-0.25, -0.2) is 4.98 Å². The first-order chi connectivity index (χ1) is 9.43. The van der Waals surface area contributed by atoms with E-state index < -0.39 is 11.7 Å². The molecule has 0 aliphatic carbocycles. The van der Waals surface area contributed by atoms with Crippen LogP contribution in [0.3, 0.4) is 0 Å². The van der Waals surface area contributed by atoms with E-state index in [0.717, 1.165) is 12.1 Å². The number of oxazole rings is 1. The lowest BCUT2D eigenvalue weighted by atomic mass is 10.1. The number of halogens is 3. The minimum Gasteiger partial charge on any atom is -0.436 e. The van der Waals surface area contributed by atoms with Gasteiger partial charge in [0.15, 0.2) is 5.58 Å². The Morgan fingerprint density at radius 2 is 1.80 bits per heavy atom. The van der Waals surface area contributed by atoms with Crippen LogP contribution >= 0.6 is 0 Å². The van der Waals surface area contributed by atoms with Crippen LogP contribution in [0.15, 0.2) is 46.9 Å². The fourth-order valence-corrected chi connectivity index (χ4v) is 1.93. The average molecular weight is 278 g/mol. The van der Waals surface area contributed by atoms with E-state index in [0.29, 0.717) is 11.1 Å². The van der Waals surface area contributed by atoms with Crippen LogP contribution in [0, 0.1) is 0 Å². The topological polar surface area (TPSA) is 52.0 Å². The predicted molar refractivity (Wildman–Crippen MR) is 68.9 cm³/mol. The molecule has 2 N–H and O–H groups in total. The number of para-hydroxylation sites is 2. The molecule has 0 aliphatic rings. The van der Waals surface area contributed by atoms with Gasteiger partial charge in [0.1, 0.15) is 5.52 Å². The molecule has 3 aromatic rings. The van der Waals surface area contributed by atoms with Gasteiger partial charge in [-0.3, -0.25) is 0 Å². The molecule has 0 fully saturated rings. The summed E-state index contributed by atoms with van der Waals surface area (Å²) in [5.74, 6) is 0.115. The fourth-order valence-electron chi connectivity index (χ4n) is 1.93. The van der Waals surface area contributed by atoms with E-state index >= 15 is 0 Å². The molecule has 3 rings (SSSR count). The van der Waals surface area contributed by atoms with Gasteiger partial charge in [0.25, 0.3) is 0 Å². The number of nitrogens with zero attached hydrogens (tertiary/aromatic N) is 1. The van der Waals surface area contributed by atoms with E-state index in [-0.39, 0.29) is 17.1 Å². The molecule has 1 aromatic heterocycles. The Morgan fingerprint density at radius 1 is 1.05 bits per heavy atom. The minimum atomic E-state index is -4.46. The Kier molecular flexibility index (Phi) is 2.67. The molecule has 0 aliphatic heterocycles. The van der Waals surface area contributed by atoms with Gasteiger partial charge >= 0.3 is 6.18 Å². The first kappa shape index (κ1) is 12.5. The maximum absolute atomic E-state index is 12.8. The number of hydrogen-bond acceptors (Lipinski definition) is 3. The molecule has 3 nitrogen and oxygen atoms in total. The van der Waals surface area contributed by atoms with Crippen LogP contribution in [0.1, 0.15) is 5.56 Å². The van der Waals surface area contributed by atoms with E-state index in [1.165, 1.54) is 6.07 Å². The van der Waals surface area contributed by atoms with E-state index in [2.05, 4.69) is 4.98 Å². The quantitative estimate of drug-likeness (QED) is 0.682.